The van der Waals surface area contributed by atoms with Crippen molar-refractivity contribution in [2.75, 3.05) is 11.9 Å². The number of nitrogens with zero attached hydrogens (tertiary/aromatic N) is 1. The number of hydrogen-bond acceptors (Lipinski definition) is 4. The Bertz CT molecular complexity index is 662. The summed E-state index contributed by atoms with van der Waals surface area (Å²) in [5.74, 6) is 0. The van der Waals surface area contributed by atoms with Crippen molar-refractivity contribution in [2.24, 2.45) is 0 Å². The molecule has 0 atom stereocenters. The highest BCUT2D eigenvalue weighted by Gasteiger charge is 2.14. The summed E-state index contributed by atoms with van der Waals surface area (Å²) >= 11 is 3.25. The first-order chi connectivity index (χ1) is 10.6. The lowest BCUT2D eigenvalue weighted by Gasteiger charge is -2.12. The maximum absolute atomic E-state index is 11.1. The number of benzene rings is 2. The molecule has 5 nitrogen and oxygen atoms in total. The minimum absolute atomic E-state index is 0.0525. The van der Waals surface area contributed by atoms with Gasteiger partial charge in [-0.15, -0.1) is 0 Å². The average Bonchev–Trinajstić information content (AvgIpc) is 2.52. The SMILES string of the molecule is CCOCc1ccccc1CNc1ccc(Br)cc1[N+](=O)[O-]. The van der Waals surface area contributed by atoms with Crippen LogP contribution in [0, 0.1) is 10.1 Å². The van der Waals surface area contributed by atoms with E-state index >= 15 is 0 Å². The number of hydrogen-bond donors (Lipinski definition) is 1. The highest BCUT2D eigenvalue weighted by molar-refractivity contribution is 9.10. The van der Waals surface area contributed by atoms with Crippen molar-refractivity contribution in [1.82, 2.24) is 0 Å². The smallest absolute Gasteiger partial charge is 0.293 e. The van der Waals surface area contributed by atoms with Gasteiger partial charge in [0.15, 0.2) is 0 Å². The Kier molecular flexibility index (Phi) is 5.91. The van der Waals surface area contributed by atoms with Crippen LogP contribution in [-0.4, -0.2) is 11.5 Å². The van der Waals surface area contributed by atoms with E-state index in [1.54, 1.807) is 12.1 Å². The summed E-state index contributed by atoms with van der Waals surface area (Å²) in [5.41, 5.74) is 2.70. The van der Waals surface area contributed by atoms with Crippen LogP contribution in [0.1, 0.15) is 18.1 Å². The molecule has 0 bridgehead atoms. The van der Waals surface area contributed by atoms with Gasteiger partial charge in [0, 0.05) is 23.7 Å². The quantitative estimate of drug-likeness (QED) is 0.579. The highest BCUT2D eigenvalue weighted by atomic mass is 79.9. The number of nitrogens with one attached hydrogen (secondary N) is 1. The van der Waals surface area contributed by atoms with Crippen LogP contribution in [0.3, 0.4) is 0 Å². The molecule has 2 aromatic rings. The number of ether oxygens (including phenoxy) is 1. The van der Waals surface area contributed by atoms with Gasteiger partial charge in [-0.2, -0.15) is 0 Å². The van der Waals surface area contributed by atoms with Gasteiger partial charge >= 0.3 is 0 Å². The van der Waals surface area contributed by atoms with Crippen LogP contribution in [0.4, 0.5) is 11.4 Å². The molecule has 0 saturated heterocycles. The fourth-order valence-corrected chi connectivity index (χ4v) is 2.43. The highest BCUT2D eigenvalue weighted by Crippen LogP contribution is 2.28. The van der Waals surface area contributed by atoms with Crippen molar-refractivity contribution in [2.45, 2.75) is 20.1 Å². The van der Waals surface area contributed by atoms with E-state index in [2.05, 4.69) is 21.2 Å². The number of anilines is 1. The average molecular weight is 365 g/mol. The van der Waals surface area contributed by atoms with Crippen LogP contribution in [0.25, 0.3) is 0 Å². The predicted molar refractivity (Wildman–Crippen MR) is 89.9 cm³/mol. The van der Waals surface area contributed by atoms with Crippen molar-refractivity contribution < 1.29 is 9.66 Å². The second-order valence-electron chi connectivity index (χ2n) is 4.68. The van der Waals surface area contributed by atoms with E-state index in [0.717, 1.165) is 11.1 Å². The first-order valence-corrected chi connectivity index (χ1v) is 7.73. The summed E-state index contributed by atoms with van der Waals surface area (Å²) in [6.45, 7) is 3.65. The Labute approximate surface area is 137 Å². The molecule has 0 unspecified atom stereocenters. The largest absolute Gasteiger partial charge is 0.377 e. The molecule has 2 rings (SSSR count). The Morgan fingerprint density at radius 2 is 1.95 bits per heavy atom. The van der Waals surface area contributed by atoms with E-state index in [1.165, 1.54) is 6.07 Å². The summed E-state index contributed by atoms with van der Waals surface area (Å²) in [6, 6.07) is 12.9. The molecule has 1 N–H and O–H groups in total. The number of nitro groups is 1. The maximum Gasteiger partial charge on any atom is 0.293 e. The molecular formula is C16H17BrN2O3. The van der Waals surface area contributed by atoms with Gasteiger partial charge in [-0.25, -0.2) is 0 Å². The third-order valence-corrected chi connectivity index (χ3v) is 3.70. The van der Waals surface area contributed by atoms with Crippen LogP contribution in [0.15, 0.2) is 46.9 Å². The number of nitro benzene ring substituents is 1. The molecule has 0 aliphatic carbocycles. The molecule has 0 saturated carbocycles. The topological polar surface area (TPSA) is 64.4 Å². The van der Waals surface area contributed by atoms with Crippen LogP contribution >= 0.6 is 15.9 Å². The summed E-state index contributed by atoms with van der Waals surface area (Å²) in [6.07, 6.45) is 0. The standard InChI is InChI=1S/C16H17BrN2O3/c1-2-22-11-13-6-4-3-5-12(13)10-18-15-8-7-14(17)9-16(15)19(20)21/h3-9,18H,2,10-11H2,1H3. The summed E-state index contributed by atoms with van der Waals surface area (Å²) in [4.78, 5) is 10.7. The lowest BCUT2D eigenvalue weighted by Crippen LogP contribution is -2.06. The van der Waals surface area contributed by atoms with E-state index in [1.807, 2.05) is 31.2 Å². The first-order valence-electron chi connectivity index (χ1n) is 6.94. The summed E-state index contributed by atoms with van der Waals surface area (Å²) < 4.78 is 6.13. The molecular weight excluding hydrogens is 348 g/mol. The first kappa shape index (κ1) is 16.5. The van der Waals surface area contributed by atoms with Gasteiger partial charge in [0.2, 0.25) is 0 Å². The molecule has 0 aromatic heterocycles. The van der Waals surface area contributed by atoms with E-state index in [-0.39, 0.29) is 10.6 Å². The summed E-state index contributed by atoms with van der Waals surface area (Å²) in [7, 11) is 0. The van der Waals surface area contributed by atoms with Gasteiger partial charge in [0.25, 0.3) is 5.69 Å². The summed E-state index contributed by atoms with van der Waals surface area (Å²) in [5, 5.41) is 14.3. The third kappa shape index (κ3) is 4.29. The van der Waals surface area contributed by atoms with Crippen molar-refractivity contribution in [3.05, 3.63) is 68.2 Å². The zero-order valence-electron chi connectivity index (χ0n) is 12.2. The van der Waals surface area contributed by atoms with Gasteiger partial charge in [-0.1, -0.05) is 40.2 Å². The zero-order valence-corrected chi connectivity index (χ0v) is 13.8. The number of rotatable bonds is 7. The van der Waals surface area contributed by atoms with E-state index in [4.69, 9.17) is 4.74 Å². The molecule has 116 valence electrons. The van der Waals surface area contributed by atoms with E-state index < -0.39 is 0 Å². The van der Waals surface area contributed by atoms with Gasteiger partial charge in [0.05, 0.1) is 11.5 Å². The zero-order chi connectivity index (χ0) is 15.9. The fourth-order valence-electron chi connectivity index (χ4n) is 2.08. The van der Waals surface area contributed by atoms with Crippen molar-refractivity contribution >= 4 is 27.3 Å². The monoisotopic (exact) mass is 364 g/mol. The Balaban J connectivity index is 2.15. The molecule has 0 aliphatic rings. The second kappa shape index (κ2) is 7.91. The van der Waals surface area contributed by atoms with E-state index in [0.29, 0.717) is 29.9 Å². The molecule has 6 heteroatoms. The van der Waals surface area contributed by atoms with Gasteiger partial charge < -0.3 is 10.1 Å². The molecule has 0 fully saturated rings. The lowest BCUT2D eigenvalue weighted by atomic mass is 10.1. The minimum atomic E-state index is -0.390. The van der Waals surface area contributed by atoms with Gasteiger partial charge in [-0.3, -0.25) is 10.1 Å². The Hall–Kier alpha value is -1.92. The Morgan fingerprint density at radius 3 is 2.64 bits per heavy atom. The van der Waals surface area contributed by atoms with Crippen LogP contribution in [0.2, 0.25) is 0 Å². The van der Waals surface area contributed by atoms with Crippen molar-refractivity contribution in [3.8, 4) is 0 Å². The van der Waals surface area contributed by atoms with Gasteiger partial charge in [-0.05, 0) is 30.2 Å². The van der Waals surface area contributed by atoms with Gasteiger partial charge in [0.1, 0.15) is 5.69 Å². The van der Waals surface area contributed by atoms with Crippen LogP contribution in [0.5, 0.6) is 0 Å². The predicted octanol–water partition coefficient (Wildman–Crippen LogP) is 4.51. The normalized spacial score (nSPS) is 10.5. The van der Waals surface area contributed by atoms with Crippen molar-refractivity contribution in [1.29, 1.82) is 0 Å². The molecule has 0 amide bonds. The van der Waals surface area contributed by atoms with Crippen LogP contribution in [-0.2, 0) is 17.9 Å². The molecule has 0 spiro atoms. The van der Waals surface area contributed by atoms with Crippen LogP contribution < -0.4 is 5.32 Å². The second-order valence-corrected chi connectivity index (χ2v) is 5.59. The third-order valence-electron chi connectivity index (χ3n) is 3.21. The minimum Gasteiger partial charge on any atom is -0.377 e. The van der Waals surface area contributed by atoms with Crippen molar-refractivity contribution in [3.63, 3.8) is 0 Å². The Morgan fingerprint density at radius 1 is 1.23 bits per heavy atom. The van der Waals surface area contributed by atoms with E-state index in [9.17, 15) is 10.1 Å². The molecule has 0 aliphatic heterocycles. The fraction of sp³-hybridized carbons (Fsp3) is 0.250. The molecule has 0 radical (unpaired) electrons. The maximum atomic E-state index is 11.1. The molecule has 0 heterocycles. The lowest BCUT2D eigenvalue weighted by molar-refractivity contribution is -0.384. The molecule has 22 heavy (non-hydrogen) atoms. The number of halogens is 1. The molecule has 2 aromatic carbocycles.